The second-order valence-electron chi connectivity index (χ2n) is 5.26. The Morgan fingerprint density at radius 2 is 2.19 bits per heavy atom. The van der Waals surface area contributed by atoms with Crippen LogP contribution in [0.1, 0.15) is 19.3 Å². The van der Waals surface area contributed by atoms with Crippen LogP contribution in [0.4, 0.5) is 0 Å². The van der Waals surface area contributed by atoms with Crippen molar-refractivity contribution in [2.45, 2.75) is 25.3 Å². The molecule has 0 aromatic heterocycles. The van der Waals surface area contributed by atoms with Crippen LogP contribution in [-0.2, 0) is 0 Å². The first-order valence-electron chi connectivity index (χ1n) is 6.19. The van der Waals surface area contributed by atoms with Gasteiger partial charge in [-0.3, -0.25) is 5.43 Å². The average molecular weight is 237 g/mol. The Labute approximate surface area is 102 Å². The molecule has 0 aromatic carbocycles. The van der Waals surface area contributed by atoms with Crippen molar-refractivity contribution in [3.63, 3.8) is 0 Å². The van der Waals surface area contributed by atoms with Gasteiger partial charge in [0.1, 0.15) is 0 Å². The molecule has 0 aromatic rings. The minimum Gasteiger partial charge on any atom is -0.359 e. The fraction of sp³-hybridized carbons (Fsp3) is 0.750. The Balaban J connectivity index is 1.63. The molecule has 3 aliphatic carbocycles. The van der Waals surface area contributed by atoms with Gasteiger partial charge in [-0.1, -0.05) is 12.2 Å². The second kappa shape index (κ2) is 4.00. The topological polar surface area (TPSA) is 36.1 Å². The van der Waals surface area contributed by atoms with Gasteiger partial charge in [-0.2, -0.15) is 0 Å². The van der Waals surface area contributed by atoms with Gasteiger partial charge in [-0.05, 0) is 55.2 Å². The summed E-state index contributed by atoms with van der Waals surface area (Å²) in [4.78, 5) is 0. The third-order valence-corrected chi connectivity index (χ3v) is 4.78. The minimum absolute atomic E-state index is 0.586. The first-order valence-corrected chi connectivity index (χ1v) is 6.60. The maximum Gasteiger partial charge on any atom is 0.181 e. The molecule has 3 aliphatic rings. The maximum atomic E-state index is 5.22. The van der Waals surface area contributed by atoms with Crippen LogP contribution in [0.15, 0.2) is 12.2 Å². The predicted molar refractivity (Wildman–Crippen MR) is 68.7 cm³/mol. The van der Waals surface area contributed by atoms with Crippen molar-refractivity contribution in [1.29, 1.82) is 0 Å². The highest BCUT2D eigenvalue weighted by Crippen LogP contribution is 2.56. The van der Waals surface area contributed by atoms with E-state index in [2.05, 4.69) is 28.3 Å². The van der Waals surface area contributed by atoms with Crippen molar-refractivity contribution in [2.24, 2.45) is 23.7 Å². The Kier molecular flexibility index (Phi) is 2.64. The van der Waals surface area contributed by atoms with Crippen molar-refractivity contribution in [1.82, 2.24) is 16.2 Å². The molecule has 0 saturated heterocycles. The van der Waals surface area contributed by atoms with Gasteiger partial charge in [0, 0.05) is 13.1 Å². The lowest BCUT2D eigenvalue weighted by molar-refractivity contribution is 0.245. The minimum atomic E-state index is 0.586. The number of nitrogens with one attached hydrogen (secondary N) is 3. The van der Waals surface area contributed by atoms with Crippen molar-refractivity contribution >= 4 is 17.3 Å². The Bertz CT molecular complexity index is 328. The van der Waals surface area contributed by atoms with Crippen LogP contribution in [0.5, 0.6) is 0 Å². The molecule has 0 spiro atoms. The molecule has 0 amide bonds. The third-order valence-electron chi connectivity index (χ3n) is 4.56. The van der Waals surface area contributed by atoms with Gasteiger partial charge >= 0.3 is 0 Å². The zero-order chi connectivity index (χ0) is 11.1. The fourth-order valence-electron chi connectivity index (χ4n) is 4.03. The molecule has 2 fully saturated rings. The van der Waals surface area contributed by atoms with E-state index in [0.29, 0.717) is 6.04 Å². The molecule has 3 rings (SSSR count). The lowest BCUT2D eigenvalue weighted by Gasteiger charge is -2.32. The van der Waals surface area contributed by atoms with E-state index in [4.69, 9.17) is 12.2 Å². The normalized spacial score (nSPS) is 43.4. The Morgan fingerprint density at radius 1 is 1.31 bits per heavy atom. The molecule has 0 unspecified atom stereocenters. The van der Waals surface area contributed by atoms with Gasteiger partial charge in [0.15, 0.2) is 5.11 Å². The van der Waals surface area contributed by atoms with Gasteiger partial charge < -0.3 is 5.32 Å². The van der Waals surface area contributed by atoms with E-state index in [1.165, 1.54) is 19.3 Å². The van der Waals surface area contributed by atoms with Crippen LogP contribution in [0.3, 0.4) is 0 Å². The summed E-state index contributed by atoms with van der Waals surface area (Å²) in [6.45, 7) is 0. The Hall–Kier alpha value is -0.610. The number of thiocarbonyl (C=S) groups is 1. The number of rotatable bonds is 2. The van der Waals surface area contributed by atoms with Crippen molar-refractivity contribution in [3.05, 3.63) is 12.2 Å². The number of hydrogen-bond donors (Lipinski definition) is 3. The highest BCUT2D eigenvalue weighted by atomic mass is 32.1. The largest absolute Gasteiger partial charge is 0.359 e. The van der Waals surface area contributed by atoms with E-state index in [0.717, 1.165) is 28.8 Å². The quantitative estimate of drug-likeness (QED) is 0.383. The summed E-state index contributed by atoms with van der Waals surface area (Å²) in [5.41, 5.74) is 5.81. The van der Waals surface area contributed by atoms with Crippen LogP contribution < -0.4 is 16.2 Å². The van der Waals surface area contributed by atoms with E-state index in [-0.39, 0.29) is 0 Å². The van der Waals surface area contributed by atoms with Gasteiger partial charge in [-0.15, -0.1) is 0 Å². The van der Waals surface area contributed by atoms with Gasteiger partial charge in [0.2, 0.25) is 0 Å². The molecule has 3 N–H and O–H groups in total. The van der Waals surface area contributed by atoms with Gasteiger partial charge in [0.05, 0.1) is 0 Å². The van der Waals surface area contributed by atoms with Crippen LogP contribution in [0.25, 0.3) is 0 Å². The van der Waals surface area contributed by atoms with Gasteiger partial charge in [-0.25, -0.2) is 5.43 Å². The zero-order valence-electron chi connectivity index (χ0n) is 9.57. The van der Waals surface area contributed by atoms with E-state index < -0.39 is 0 Å². The molecule has 2 saturated carbocycles. The summed E-state index contributed by atoms with van der Waals surface area (Å²) < 4.78 is 0. The van der Waals surface area contributed by atoms with Crippen molar-refractivity contribution in [2.75, 3.05) is 7.05 Å². The maximum absolute atomic E-state index is 5.22. The smallest absolute Gasteiger partial charge is 0.181 e. The average Bonchev–Trinajstić information content (AvgIpc) is 2.86. The van der Waals surface area contributed by atoms with Crippen LogP contribution >= 0.6 is 12.2 Å². The molecular formula is C12H19N3S. The van der Waals surface area contributed by atoms with Crippen LogP contribution in [0, 0.1) is 23.7 Å². The molecule has 4 heteroatoms. The second-order valence-corrected chi connectivity index (χ2v) is 5.66. The predicted octanol–water partition coefficient (Wildman–Crippen LogP) is 1.19. The Morgan fingerprint density at radius 3 is 3.00 bits per heavy atom. The highest BCUT2D eigenvalue weighted by molar-refractivity contribution is 7.80. The van der Waals surface area contributed by atoms with E-state index in [9.17, 15) is 0 Å². The van der Waals surface area contributed by atoms with Crippen molar-refractivity contribution in [3.8, 4) is 0 Å². The van der Waals surface area contributed by atoms with Crippen molar-refractivity contribution < 1.29 is 0 Å². The van der Waals surface area contributed by atoms with Crippen LogP contribution in [0.2, 0.25) is 0 Å². The highest BCUT2D eigenvalue weighted by Gasteiger charge is 2.52. The first-order chi connectivity index (χ1) is 7.79. The standard InChI is InChI=1S/C12H19N3S/c1-13-15-12(16)14-11-6-7-5-10(11)9-4-2-3-8(7)9/h2,4,7-11,13H,3,5-6H2,1H3,(H2,14,15,16)/t7-,8+,9-,10+,11+/m0/s1. The number of allylic oxidation sites excluding steroid dienone is 2. The van der Waals surface area contributed by atoms with E-state index in [1.54, 1.807) is 0 Å². The summed E-state index contributed by atoms with van der Waals surface area (Å²) in [5, 5.41) is 4.18. The van der Waals surface area contributed by atoms with E-state index in [1.807, 2.05) is 7.05 Å². The summed E-state index contributed by atoms with van der Waals surface area (Å²) in [6, 6.07) is 0.586. The summed E-state index contributed by atoms with van der Waals surface area (Å²) in [5.74, 6) is 3.52. The first kappa shape index (κ1) is 10.5. The molecule has 5 atom stereocenters. The van der Waals surface area contributed by atoms with E-state index >= 15 is 0 Å². The molecule has 0 radical (unpaired) electrons. The third kappa shape index (κ3) is 1.55. The zero-order valence-corrected chi connectivity index (χ0v) is 10.4. The molecule has 0 aliphatic heterocycles. The summed E-state index contributed by atoms with van der Waals surface area (Å²) in [6.07, 6.45) is 8.84. The molecule has 16 heavy (non-hydrogen) atoms. The lowest BCUT2D eigenvalue weighted by atomic mass is 9.79. The molecule has 0 heterocycles. The molecular weight excluding hydrogens is 218 g/mol. The molecule has 88 valence electrons. The lowest BCUT2D eigenvalue weighted by Crippen LogP contribution is -2.49. The number of hydrazine groups is 1. The monoisotopic (exact) mass is 237 g/mol. The molecule has 3 nitrogen and oxygen atoms in total. The number of hydrogen-bond acceptors (Lipinski definition) is 2. The fourth-order valence-corrected chi connectivity index (χ4v) is 4.28. The van der Waals surface area contributed by atoms with Gasteiger partial charge in [0.25, 0.3) is 0 Å². The summed E-state index contributed by atoms with van der Waals surface area (Å²) >= 11 is 5.22. The number of fused-ring (bicyclic) bond motifs is 5. The summed E-state index contributed by atoms with van der Waals surface area (Å²) in [7, 11) is 1.84. The SMILES string of the molecule is CNNC(=S)N[C@@H]1C[C@@H]2C[C@@H]1[C@H]1C=CC[C@H]21. The molecule has 2 bridgehead atoms. The van der Waals surface area contributed by atoms with Crippen LogP contribution in [-0.4, -0.2) is 18.2 Å².